The van der Waals surface area contributed by atoms with E-state index in [0.29, 0.717) is 5.92 Å². The lowest BCUT2D eigenvalue weighted by molar-refractivity contribution is -0.0747. The van der Waals surface area contributed by atoms with Crippen LogP contribution in [0.15, 0.2) is 48.5 Å². The largest absolute Gasteiger partial charge is 0.497 e. The maximum Gasteiger partial charge on any atom is 0.205 e. The van der Waals surface area contributed by atoms with Crippen molar-refractivity contribution in [1.82, 2.24) is 0 Å². The average molecular weight is 297 g/mol. The zero-order valence-electron chi connectivity index (χ0n) is 12.5. The van der Waals surface area contributed by atoms with Crippen molar-refractivity contribution in [2.75, 3.05) is 19.0 Å². The minimum atomic E-state index is -0.148. The fraction of sp³-hybridized carbons (Fsp3) is 0.333. The Bertz CT molecular complexity index is 656. The molecule has 0 radical (unpaired) electrons. The summed E-state index contributed by atoms with van der Waals surface area (Å²) in [5.74, 6) is 2.11. The Balaban J connectivity index is 1.65. The van der Waals surface area contributed by atoms with Crippen LogP contribution in [0.2, 0.25) is 0 Å². The number of benzene rings is 2. The van der Waals surface area contributed by atoms with E-state index < -0.39 is 0 Å². The first-order valence-corrected chi connectivity index (χ1v) is 7.63. The maximum absolute atomic E-state index is 5.98. The SMILES string of the molecule is COc1ccc(N[C@@H]2c3ccccc3O[C@@H]3OCC[C@@H]32)cc1. The van der Waals surface area contributed by atoms with E-state index in [4.69, 9.17) is 14.2 Å². The van der Waals surface area contributed by atoms with Gasteiger partial charge < -0.3 is 19.5 Å². The summed E-state index contributed by atoms with van der Waals surface area (Å²) in [4.78, 5) is 0. The van der Waals surface area contributed by atoms with Gasteiger partial charge in [-0.1, -0.05) is 18.2 Å². The minimum Gasteiger partial charge on any atom is -0.497 e. The highest BCUT2D eigenvalue weighted by Crippen LogP contribution is 2.44. The number of anilines is 1. The standard InChI is InChI=1S/C18H19NO3/c1-20-13-8-6-12(7-9-13)19-17-14-4-2-3-5-16(14)22-18-15(17)10-11-21-18/h2-9,15,17-19H,10-11H2,1H3/t15-,17-,18+/m1/s1. The molecular weight excluding hydrogens is 278 g/mol. The summed E-state index contributed by atoms with van der Waals surface area (Å²) in [6.07, 6.45) is 0.859. The number of ether oxygens (including phenoxy) is 3. The molecule has 0 unspecified atom stereocenters. The quantitative estimate of drug-likeness (QED) is 0.939. The van der Waals surface area contributed by atoms with Crippen molar-refractivity contribution in [3.8, 4) is 11.5 Å². The molecule has 114 valence electrons. The zero-order chi connectivity index (χ0) is 14.9. The van der Waals surface area contributed by atoms with Crippen LogP contribution in [0.1, 0.15) is 18.0 Å². The summed E-state index contributed by atoms with van der Waals surface area (Å²) in [5.41, 5.74) is 2.28. The van der Waals surface area contributed by atoms with Crippen LogP contribution in [0.3, 0.4) is 0 Å². The van der Waals surface area contributed by atoms with Crippen LogP contribution in [-0.4, -0.2) is 20.0 Å². The predicted molar refractivity (Wildman–Crippen MR) is 84.3 cm³/mol. The van der Waals surface area contributed by atoms with Crippen LogP contribution >= 0.6 is 0 Å². The number of hydrogen-bond acceptors (Lipinski definition) is 4. The molecule has 0 spiro atoms. The fourth-order valence-corrected chi connectivity index (χ4v) is 3.28. The number of nitrogens with one attached hydrogen (secondary N) is 1. The van der Waals surface area contributed by atoms with E-state index in [1.54, 1.807) is 7.11 Å². The van der Waals surface area contributed by atoms with Gasteiger partial charge in [-0.3, -0.25) is 0 Å². The van der Waals surface area contributed by atoms with Crippen LogP contribution in [0.25, 0.3) is 0 Å². The molecule has 0 aliphatic carbocycles. The van der Waals surface area contributed by atoms with E-state index in [0.717, 1.165) is 30.2 Å². The van der Waals surface area contributed by atoms with Crippen LogP contribution < -0.4 is 14.8 Å². The molecule has 0 amide bonds. The first kappa shape index (κ1) is 13.5. The third kappa shape index (κ3) is 2.29. The maximum atomic E-state index is 5.98. The Morgan fingerprint density at radius 2 is 1.91 bits per heavy atom. The fourth-order valence-electron chi connectivity index (χ4n) is 3.28. The Morgan fingerprint density at radius 1 is 1.09 bits per heavy atom. The van der Waals surface area contributed by atoms with Gasteiger partial charge in [0.25, 0.3) is 0 Å². The van der Waals surface area contributed by atoms with Gasteiger partial charge in [0.05, 0.1) is 19.8 Å². The molecule has 1 N–H and O–H groups in total. The predicted octanol–water partition coefficient (Wildman–Crippen LogP) is 3.60. The summed E-state index contributed by atoms with van der Waals surface area (Å²) in [6, 6.07) is 16.4. The van der Waals surface area contributed by atoms with Crippen LogP contribution in [-0.2, 0) is 4.74 Å². The molecule has 2 aliphatic rings. The summed E-state index contributed by atoms with van der Waals surface area (Å²) < 4.78 is 16.9. The summed E-state index contributed by atoms with van der Waals surface area (Å²) in [7, 11) is 1.68. The second-order valence-electron chi connectivity index (χ2n) is 5.70. The van der Waals surface area contributed by atoms with Crippen molar-refractivity contribution >= 4 is 5.69 Å². The van der Waals surface area contributed by atoms with Gasteiger partial charge in [0.2, 0.25) is 6.29 Å². The number of rotatable bonds is 3. The van der Waals surface area contributed by atoms with E-state index in [2.05, 4.69) is 17.4 Å². The highest BCUT2D eigenvalue weighted by Gasteiger charge is 2.42. The lowest BCUT2D eigenvalue weighted by Gasteiger charge is -2.35. The van der Waals surface area contributed by atoms with Gasteiger partial charge in [-0.2, -0.15) is 0 Å². The van der Waals surface area contributed by atoms with E-state index >= 15 is 0 Å². The third-order valence-electron chi connectivity index (χ3n) is 4.42. The Morgan fingerprint density at radius 3 is 2.73 bits per heavy atom. The van der Waals surface area contributed by atoms with Gasteiger partial charge in [-0.25, -0.2) is 0 Å². The van der Waals surface area contributed by atoms with Gasteiger partial charge >= 0.3 is 0 Å². The summed E-state index contributed by atoms with van der Waals surface area (Å²) in [6.45, 7) is 0.754. The normalized spacial score (nSPS) is 25.8. The number of hydrogen-bond donors (Lipinski definition) is 1. The molecule has 1 fully saturated rings. The highest BCUT2D eigenvalue weighted by atomic mass is 16.7. The minimum absolute atomic E-state index is 0.148. The molecule has 2 heterocycles. The van der Waals surface area contributed by atoms with Gasteiger partial charge in [-0.05, 0) is 36.8 Å². The summed E-state index contributed by atoms with van der Waals surface area (Å²) >= 11 is 0. The second kappa shape index (κ2) is 5.54. The molecule has 4 rings (SSSR count). The molecule has 0 saturated carbocycles. The lowest BCUT2D eigenvalue weighted by atomic mass is 9.88. The van der Waals surface area contributed by atoms with Crippen molar-refractivity contribution < 1.29 is 14.2 Å². The molecule has 4 heteroatoms. The van der Waals surface area contributed by atoms with Crippen LogP contribution in [0.4, 0.5) is 5.69 Å². The van der Waals surface area contributed by atoms with Crippen molar-refractivity contribution in [2.24, 2.45) is 5.92 Å². The second-order valence-corrected chi connectivity index (χ2v) is 5.70. The Hall–Kier alpha value is -2.20. The molecule has 0 aromatic heterocycles. The molecule has 2 aliphatic heterocycles. The molecule has 2 aromatic rings. The van der Waals surface area contributed by atoms with Crippen molar-refractivity contribution in [3.63, 3.8) is 0 Å². The van der Waals surface area contributed by atoms with Gasteiger partial charge in [0, 0.05) is 17.2 Å². The Kier molecular flexibility index (Phi) is 3.39. The molecule has 3 atom stereocenters. The molecular formula is C18H19NO3. The number of fused-ring (bicyclic) bond motifs is 2. The Labute approximate surface area is 130 Å². The molecule has 22 heavy (non-hydrogen) atoms. The highest BCUT2D eigenvalue weighted by molar-refractivity contribution is 5.51. The van der Waals surface area contributed by atoms with E-state index in [1.165, 1.54) is 5.56 Å². The smallest absolute Gasteiger partial charge is 0.205 e. The van der Waals surface area contributed by atoms with E-state index in [9.17, 15) is 0 Å². The molecule has 2 aromatic carbocycles. The number of methoxy groups -OCH3 is 1. The zero-order valence-corrected chi connectivity index (χ0v) is 12.5. The van der Waals surface area contributed by atoms with Crippen molar-refractivity contribution in [2.45, 2.75) is 18.8 Å². The van der Waals surface area contributed by atoms with E-state index in [-0.39, 0.29) is 12.3 Å². The van der Waals surface area contributed by atoms with Crippen molar-refractivity contribution in [1.29, 1.82) is 0 Å². The number of para-hydroxylation sites is 1. The summed E-state index contributed by atoms with van der Waals surface area (Å²) in [5, 5.41) is 3.64. The first-order valence-electron chi connectivity index (χ1n) is 7.63. The topological polar surface area (TPSA) is 39.7 Å². The molecule has 4 nitrogen and oxygen atoms in total. The third-order valence-corrected chi connectivity index (χ3v) is 4.42. The van der Waals surface area contributed by atoms with Crippen LogP contribution in [0.5, 0.6) is 11.5 Å². The molecule has 0 bridgehead atoms. The first-order chi connectivity index (χ1) is 10.8. The molecule has 1 saturated heterocycles. The average Bonchev–Trinajstić information content (AvgIpc) is 3.03. The monoisotopic (exact) mass is 297 g/mol. The lowest BCUT2D eigenvalue weighted by Crippen LogP contribution is -2.36. The van der Waals surface area contributed by atoms with E-state index in [1.807, 2.05) is 36.4 Å². The van der Waals surface area contributed by atoms with Crippen molar-refractivity contribution in [3.05, 3.63) is 54.1 Å². The van der Waals surface area contributed by atoms with Crippen LogP contribution in [0, 0.1) is 5.92 Å². The van der Waals surface area contributed by atoms with Gasteiger partial charge in [-0.15, -0.1) is 0 Å². The van der Waals surface area contributed by atoms with Gasteiger partial charge in [0.1, 0.15) is 11.5 Å². The van der Waals surface area contributed by atoms with Gasteiger partial charge in [0.15, 0.2) is 0 Å².